The number of hydrogen-bond donors (Lipinski definition) is 0. The van der Waals surface area contributed by atoms with E-state index in [1.807, 2.05) is 70.1 Å². The number of benzene rings is 2. The highest BCUT2D eigenvalue weighted by Crippen LogP contribution is 2.40. The van der Waals surface area contributed by atoms with Crippen LogP contribution in [0.1, 0.15) is 28.4 Å². The minimum absolute atomic E-state index is 0.0373. The molecule has 1 fully saturated rings. The Labute approximate surface area is 174 Å². The zero-order valence-electron chi connectivity index (χ0n) is 15.9. The molecule has 3 aromatic rings. The number of pyridine rings is 1. The van der Waals surface area contributed by atoms with Crippen LogP contribution in [0.2, 0.25) is 5.02 Å². The molecule has 0 spiro atoms. The molecule has 5 heteroatoms. The molecule has 0 N–H and O–H groups in total. The third-order valence-corrected chi connectivity index (χ3v) is 6.31. The number of likely N-dealkylation sites (tertiary alicyclic amines) is 1. The van der Waals surface area contributed by atoms with E-state index in [0.29, 0.717) is 30.6 Å². The summed E-state index contributed by atoms with van der Waals surface area (Å²) in [4.78, 5) is 27.6. The van der Waals surface area contributed by atoms with Gasteiger partial charge >= 0.3 is 0 Å². The van der Waals surface area contributed by atoms with Gasteiger partial charge in [0, 0.05) is 53.5 Å². The third-order valence-electron chi connectivity index (χ3n) is 6.05. The highest BCUT2D eigenvalue weighted by atomic mass is 35.5. The minimum Gasteiger partial charge on any atom is -0.338 e. The summed E-state index contributed by atoms with van der Waals surface area (Å²) in [5, 5.41) is 0.688. The number of hydrogen-bond acceptors (Lipinski definition) is 2. The largest absolute Gasteiger partial charge is 0.338 e. The first kappa shape index (κ1) is 18.2. The van der Waals surface area contributed by atoms with E-state index in [4.69, 9.17) is 11.6 Å². The summed E-state index contributed by atoms with van der Waals surface area (Å²) in [6.07, 6.45) is 1.00. The second-order valence-corrected chi connectivity index (χ2v) is 8.40. The van der Waals surface area contributed by atoms with Gasteiger partial charge in [-0.3, -0.25) is 9.59 Å². The first-order valence-electron chi connectivity index (χ1n) is 9.94. The molecule has 4 nitrogen and oxygen atoms in total. The first-order valence-corrected chi connectivity index (χ1v) is 10.3. The summed E-state index contributed by atoms with van der Waals surface area (Å²) in [5.41, 5.74) is 3.90. The summed E-state index contributed by atoms with van der Waals surface area (Å²) in [7, 11) is 0. The zero-order valence-corrected chi connectivity index (χ0v) is 16.7. The van der Waals surface area contributed by atoms with Crippen molar-refractivity contribution in [2.45, 2.75) is 18.9 Å². The molecule has 1 aromatic heterocycles. The number of fused-ring (bicyclic) bond motifs is 4. The maximum Gasteiger partial charge on any atom is 0.253 e. The van der Waals surface area contributed by atoms with Gasteiger partial charge in [-0.2, -0.15) is 0 Å². The van der Waals surface area contributed by atoms with E-state index in [0.717, 1.165) is 28.8 Å². The Morgan fingerprint density at radius 1 is 0.897 bits per heavy atom. The summed E-state index contributed by atoms with van der Waals surface area (Å²) in [6.45, 7) is 1.99. The fraction of sp³-hybridized carbons (Fsp3) is 0.250. The van der Waals surface area contributed by atoms with E-state index < -0.39 is 0 Å². The van der Waals surface area contributed by atoms with Crippen LogP contribution in [0.25, 0.3) is 11.1 Å². The van der Waals surface area contributed by atoms with Crippen molar-refractivity contribution in [3.05, 3.63) is 93.4 Å². The van der Waals surface area contributed by atoms with Crippen LogP contribution in [0, 0.1) is 5.92 Å². The van der Waals surface area contributed by atoms with E-state index in [9.17, 15) is 9.59 Å². The van der Waals surface area contributed by atoms with Crippen LogP contribution in [0.15, 0.2) is 71.5 Å². The van der Waals surface area contributed by atoms with Crippen molar-refractivity contribution in [2.24, 2.45) is 5.92 Å². The number of nitrogens with zero attached hydrogens (tertiary/aromatic N) is 2. The normalized spacial score (nSPS) is 20.2. The van der Waals surface area contributed by atoms with Crippen LogP contribution in [0.4, 0.5) is 0 Å². The van der Waals surface area contributed by atoms with E-state index in [-0.39, 0.29) is 17.4 Å². The smallest absolute Gasteiger partial charge is 0.253 e. The summed E-state index contributed by atoms with van der Waals surface area (Å²) in [5.74, 6) is 0.516. The molecule has 29 heavy (non-hydrogen) atoms. The number of carbonyl (C=O) groups excluding carboxylic acids is 1. The maximum absolute atomic E-state index is 13.0. The van der Waals surface area contributed by atoms with Crippen molar-refractivity contribution >= 4 is 17.5 Å². The number of carbonyl (C=O) groups is 1. The molecule has 0 radical (unpaired) electrons. The lowest BCUT2D eigenvalue weighted by atomic mass is 9.80. The van der Waals surface area contributed by atoms with Gasteiger partial charge in [-0.05, 0) is 48.2 Å². The number of amides is 1. The number of rotatable bonds is 2. The molecule has 1 amide bonds. The molecular weight excluding hydrogens is 384 g/mol. The Morgan fingerprint density at radius 3 is 2.41 bits per heavy atom. The van der Waals surface area contributed by atoms with Gasteiger partial charge in [0.05, 0.1) is 0 Å². The van der Waals surface area contributed by atoms with Crippen LogP contribution in [-0.2, 0) is 6.54 Å². The van der Waals surface area contributed by atoms with Crippen LogP contribution in [-0.4, -0.2) is 28.5 Å². The third kappa shape index (κ3) is 3.28. The molecular formula is C24H21ClN2O2. The van der Waals surface area contributed by atoms with Crippen LogP contribution in [0.5, 0.6) is 0 Å². The van der Waals surface area contributed by atoms with Crippen LogP contribution in [0.3, 0.4) is 0 Å². The number of halogens is 1. The molecule has 0 saturated carbocycles. The fourth-order valence-electron chi connectivity index (χ4n) is 4.82. The van der Waals surface area contributed by atoms with Crippen molar-refractivity contribution in [1.82, 2.24) is 9.47 Å². The molecule has 146 valence electrons. The van der Waals surface area contributed by atoms with Crippen LogP contribution < -0.4 is 5.56 Å². The molecule has 2 atom stereocenters. The van der Waals surface area contributed by atoms with E-state index >= 15 is 0 Å². The Kier molecular flexibility index (Phi) is 4.51. The van der Waals surface area contributed by atoms with Gasteiger partial charge in [0.25, 0.3) is 11.5 Å². The van der Waals surface area contributed by atoms with Gasteiger partial charge in [-0.25, -0.2) is 0 Å². The average Bonchev–Trinajstić information content (AvgIpc) is 2.75. The summed E-state index contributed by atoms with van der Waals surface area (Å²) < 4.78 is 1.92. The summed E-state index contributed by atoms with van der Waals surface area (Å²) in [6, 6.07) is 20.7. The lowest BCUT2D eigenvalue weighted by Crippen LogP contribution is -2.49. The first-order chi connectivity index (χ1) is 14.1. The Hall–Kier alpha value is -2.85. The second kappa shape index (κ2) is 7.20. The van der Waals surface area contributed by atoms with E-state index in [2.05, 4.69) is 0 Å². The molecule has 2 aliphatic heterocycles. The zero-order chi connectivity index (χ0) is 20.0. The van der Waals surface area contributed by atoms with Crippen molar-refractivity contribution in [3.8, 4) is 11.1 Å². The molecule has 2 bridgehead atoms. The lowest BCUT2D eigenvalue weighted by Gasteiger charge is -2.43. The number of piperidine rings is 1. The van der Waals surface area contributed by atoms with Gasteiger partial charge in [0.15, 0.2) is 0 Å². The van der Waals surface area contributed by atoms with E-state index in [1.165, 1.54) is 0 Å². The highest BCUT2D eigenvalue weighted by molar-refractivity contribution is 6.30. The quantitative estimate of drug-likeness (QED) is 0.634. The lowest BCUT2D eigenvalue weighted by molar-refractivity contribution is 0.0595. The van der Waals surface area contributed by atoms with E-state index in [1.54, 1.807) is 6.07 Å². The van der Waals surface area contributed by atoms with Gasteiger partial charge < -0.3 is 9.47 Å². The van der Waals surface area contributed by atoms with Crippen LogP contribution >= 0.6 is 11.6 Å². The molecule has 0 unspecified atom stereocenters. The molecule has 1 saturated heterocycles. The van der Waals surface area contributed by atoms with Crippen molar-refractivity contribution in [2.75, 3.05) is 13.1 Å². The predicted octanol–water partition coefficient (Wildman–Crippen LogP) is 4.43. The SMILES string of the molecule is O=C(c1ccccc1)N1C[C@H]2C[C@H](C1)c1c(-c3ccc(Cl)cc3)ccc(=O)n1C2. The second-order valence-electron chi connectivity index (χ2n) is 7.96. The maximum atomic E-state index is 13.0. The predicted molar refractivity (Wildman–Crippen MR) is 114 cm³/mol. The summed E-state index contributed by atoms with van der Waals surface area (Å²) >= 11 is 6.06. The average molecular weight is 405 g/mol. The Balaban J connectivity index is 1.55. The Bertz CT molecular complexity index is 1120. The standard InChI is InChI=1S/C24H21ClN2O2/c25-20-8-6-17(7-9-20)21-10-11-22(28)27-14-16-12-19(23(21)27)15-26(13-16)24(29)18-4-2-1-3-5-18/h1-11,16,19H,12-15H2/t16-,19-/m1/s1. The van der Waals surface area contributed by atoms with Gasteiger partial charge in [0.2, 0.25) is 0 Å². The topological polar surface area (TPSA) is 42.3 Å². The monoisotopic (exact) mass is 404 g/mol. The molecule has 0 aliphatic carbocycles. The van der Waals surface area contributed by atoms with Gasteiger partial charge in [-0.1, -0.05) is 41.9 Å². The molecule has 2 aromatic carbocycles. The van der Waals surface area contributed by atoms with Crippen molar-refractivity contribution < 1.29 is 4.79 Å². The van der Waals surface area contributed by atoms with Gasteiger partial charge in [0.1, 0.15) is 0 Å². The molecule has 5 rings (SSSR count). The molecule has 2 aliphatic rings. The minimum atomic E-state index is 0.0373. The Morgan fingerprint density at radius 2 is 1.66 bits per heavy atom. The van der Waals surface area contributed by atoms with Crippen molar-refractivity contribution in [1.29, 1.82) is 0 Å². The van der Waals surface area contributed by atoms with Crippen molar-refractivity contribution in [3.63, 3.8) is 0 Å². The molecule has 3 heterocycles. The number of aromatic nitrogens is 1. The fourth-order valence-corrected chi connectivity index (χ4v) is 4.94. The van der Waals surface area contributed by atoms with Gasteiger partial charge in [-0.15, -0.1) is 0 Å². The highest BCUT2D eigenvalue weighted by Gasteiger charge is 2.38.